The average Bonchev–Trinajstić information content (AvgIpc) is 3.21. The van der Waals surface area contributed by atoms with Gasteiger partial charge >= 0.3 is 0 Å². The van der Waals surface area contributed by atoms with Gasteiger partial charge in [-0.15, -0.1) is 12.4 Å². The molecule has 1 aromatic rings. The Bertz CT molecular complexity index is 501. The molecule has 1 aromatic carbocycles. The molecular weight excluding hydrogens is 290 g/mol. The zero-order valence-corrected chi connectivity index (χ0v) is 12.9. The second-order valence-electron chi connectivity index (χ2n) is 5.36. The van der Waals surface area contributed by atoms with Crippen LogP contribution in [0.4, 0.5) is 5.69 Å². The highest BCUT2D eigenvalue weighted by molar-refractivity contribution is 6.03. The fourth-order valence-electron chi connectivity index (χ4n) is 1.85. The SMILES string of the molecule is CC(N)CCC(=O)Nc1ccccc1C(=O)NC1CC1.Cl. The van der Waals surface area contributed by atoms with Crippen molar-refractivity contribution in [2.45, 2.75) is 44.7 Å². The Morgan fingerprint density at radius 1 is 1.33 bits per heavy atom. The molecule has 1 aliphatic rings. The van der Waals surface area contributed by atoms with Crippen molar-refractivity contribution in [2.24, 2.45) is 5.73 Å². The van der Waals surface area contributed by atoms with E-state index in [2.05, 4.69) is 10.6 Å². The zero-order chi connectivity index (χ0) is 14.5. The maximum atomic E-state index is 12.1. The molecule has 116 valence electrons. The molecule has 0 aromatic heterocycles. The summed E-state index contributed by atoms with van der Waals surface area (Å²) in [5.41, 5.74) is 6.69. The number of para-hydroxylation sites is 1. The molecule has 0 aliphatic heterocycles. The second kappa shape index (κ2) is 8.00. The first kappa shape index (κ1) is 17.5. The molecule has 0 heterocycles. The molecule has 6 heteroatoms. The van der Waals surface area contributed by atoms with Crippen LogP contribution in [0.5, 0.6) is 0 Å². The summed E-state index contributed by atoms with van der Waals surface area (Å²) in [6.07, 6.45) is 3.06. The summed E-state index contributed by atoms with van der Waals surface area (Å²) in [5.74, 6) is -0.246. The smallest absolute Gasteiger partial charge is 0.253 e. The Kier molecular flexibility index (Phi) is 6.65. The van der Waals surface area contributed by atoms with Gasteiger partial charge in [0.25, 0.3) is 5.91 Å². The van der Waals surface area contributed by atoms with Gasteiger partial charge in [0.15, 0.2) is 0 Å². The zero-order valence-electron chi connectivity index (χ0n) is 12.1. The van der Waals surface area contributed by atoms with E-state index in [0.717, 1.165) is 12.8 Å². The van der Waals surface area contributed by atoms with Gasteiger partial charge in [-0.05, 0) is 38.3 Å². The van der Waals surface area contributed by atoms with E-state index >= 15 is 0 Å². The number of hydrogen-bond donors (Lipinski definition) is 3. The van der Waals surface area contributed by atoms with Crippen LogP contribution in [-0.4, -0.2) is 23.9 Å². The quantitative estimate of drug-likeness (QED) is 0.752. The summed E-state index contributed by atoms with van der Waals surface area (Å²) in [7, 11) is 0. The lowest BCUT2D eigenvalue weighted by molar-refractivity contribution is -0.116. The van der Waals surface area contributed by atoms with Gasteiger partial charge in [-0.2, -0.15) is 0 Å². The van der Waals surface area contributed by atoms with E-state index < -0.39 is 0 Å². The van der Waals surface area contributed by atoms with Gasteiger partial charge in [-0.25, -0.2) is 0 Å². The lowest BCUT2D eigenvalue weighted by Gasteiger charge is -2.11. The van der Waals surface area contributed by atoms with E-state index in [1.165, 1.54) is 0 Å². The number of halogens is 1. The fourth-order valence-corrected chi connectivity index (χ4v) is 1.85. The minimum atomic E-state index is -0.129. The number of anilines is 1. The van der Waals surface area contributed by atoms with Gasteiger partial charge in [0.1, 0.15) is 0 Å². The van der Waals surface area contributed by atoms with Crippen molar-refractivity contribution >= 4 is 29.9 Å². The average molecular weight is 312 g/mol. The third-order valence-electron chi connectivity index (χ3n) is 3.19. The molecule has 0 saturated heterocycles. The van der Waals surface area contributed by atoms with E-state index in [1.807, 2.05) is 6.92 Å². The molecule has 0 radical (unpaired) electrons. The number of hydrogen-bond acceptors (Lipinski definition) is 3. The number of rotatable bonds is 6. The van der Waals surface area contributed by atoms with Crippen molar-refractivity contribution in [3.05, 3.63) is 29.8 Å². The normalized spacial score (nSPS) is 14.8. The predicted molar refractivity (Wildman–Crippen MR) is 85.7 cm³/mol. The molecule has 21 heavy (non-hydrogen) atoms. The second-order valence-corrected chi connectivity index (χ2v) is 5.36. The van der Waals surface area contributed by atoms with E-state index in [1.54, 1.807) is 24.3 Å². The van der Waals surface area contributed by atoms with Gasteiger partial charge in [0.2, 0.25) is 5.91 Å². The molecule has 1 atom stereocenters. The van der Waals surface area contributed by atoms with Crippen molar-refractivity contribution in [1.29, 1.82) is 0 Å². The number of carbonyl (C=O) groups excluding carboxylic acids is 2. The van der Waals surface area contributed by atoms with Crippen LogP contribution < -0.4 is 16.4 Å². The van der Waals surface area contributed by atoms with Crippen LogP contribution in [0.25, 0.3) is 0 Å². The van der Waals surface area contributed by atoms with E-state index in [4.69, 9.17) is 5.73 Å². The van der Waals surface area contributed by atoms with Gasteiger partial charge in [-0.1, -0.05) is 12.1 Å². The van der Waals surface area contributed by atoms with Crippen LogP contribution in [-0.2, 0) is 4.79 Å². The number of carbonyl (C=O) groups is 2. The van der Waals surface area contributed by atoms with E-state index in [0.29, 0.717) is 30.1 Å². The molecule has 5 nitrogen and oxygen atoms in total. The summed E-state index contributed by atoms with van der Waals surface area (Å²) in [5, 5.41) is 5.71. The summed E-state index contributed by atoms with van der Waals surface area (Å²) in [6.45, 7) is 1.87. The van der Waals surface area contributed by atoms with Crippen LogP contribution in [0.2, 0.25) is 0 Å². The highest BCUT2D eigenvalue weighted by Gasteiger charge is 2.24. The number of benzene rings is 1. The van der Waals surface area contributed by atoms with Crippen LogP contribution in [0, 0.1) is 0 Å². The Morgan fingerprint density at radius 3 is 2.62 bits per heavy atom. The van der Waals surface area contributed by atoms with Crippen molar-refractivity contribution in [3.8, 4) is 0 Å². The van der Waals surface area contributed by atoms with Gasteiger partial charge in [-0.3, -0.25) is 9.59 Å². The third-order valence-corrected chi connectivity index (χ3v) is 3.19. The van der Waals surface area contributed by atoms with Gasteiger partial charge < -0.3 is 16.4 Å². The topological polar surface area (TPSA) is 84.2 Å². The van der Waals surface area contributed by atoms with Crippen LogP contribution >= 0.6 is 12.4 Å². The Labute approximate surface area is 131 Å². The molecule has 0 bridgehead atoms. The molecule has 1 fully saturated rings. The minimum absolute atomic E-state index is 0. The van der Waals surface area contributed by atoms with Crippen LogP contribution in [0.15, 0.2) is 24.3 Å². The van der Waals surface area contributed by atoms with Crippen molar-refractivity contribution in [2.75, 3.05) is 5.32 Å². The molecule has 0 spiro atoms. The lowest BCUT2D eigenvalue weighted by atomic mass is 10.1. The van der Waals surface area contributed by atoms with E-state index in [9.17, 15) is 9.59 Å². The third kappa shape index (κ3) is 5.73. The Balaban J connectivity index is 0.00000220. The minimum Gasteiger partial charge on any atom is -0.349 e. The maximum Gasteiger partial charge on any atom is 0.253 e. The standard InChI is InChI=1S/C15H21N3O2.ClH/c1-10(16)6-9-14(19)18-13-5-3-2-4-12(13)15(20)17-11-7-8-11;/h2-5,10-11H,6-9,16H2,1H3,(H,17,20)(H,18,19);1H. The molecule has 2 amide bonds. The molecule has 1 aliphatic carbocycles. The molecule has 4 N–H and O–H groups in total. The predicted octanol–water partition coefficient (Wildman–Crippen LogP) is 2.07. The highest BCUT2D eigenvalue weighted by Crippen LogP contribution is 2.21. The summed E-state index contributed by atoms with van der Waals surface area (Å²) >= 11 is 0. The number of nitrogens with one attached hydrogen (secondary N) is 2. The highest BCUT2D eigenvalue weighted by atomic mass is 35.5. The molecule has 1 saturated carbocycles. The molecule has 1 unspecified atom stereocenters. The Morgan fingerprint density at radius 2 is 2.00 bits per heavy atom. The van der Waals surface area contributed by atoms with Crippen molar-refractivity contribution in [3.63, 3.8) is 0 Å². The fraction of sp³-hybridized carbons (Fsp3) is 0.467. The first-order valence-corrected chi connectivity index (χ1v) is 7.01. The van der Waals surface area contributed by atoms with Gasteiger partial charge in [0, 0.05) is 18.5 Å². The van der Waals surface area contributed by atoms with E-state index in [-0.39, 0.29) is 30.3 Å². The summed E-state index contributed by atoms with van der Waals surface area (Å²) < 4.78 is 0. The number of amides is 2. The molecular formula is C15H22ClN3O2. The molecule has 2 rings (SSSR count). The summed E-state index contributed by atoms with van der Waals surface area (Å²) in [4.78, 5) is 23.9. The van der Waals surface area contributed by atoms with Crippen LogP contribution in [0.1, 0.15) is 43.0 Å². The largest absolute Gasteiger partial charge is 0.349 e. The summed E-state index contributed by atoms with van der Waals surface area (Å²) in [6, 6.07) is 7.34. The van der Waals surface area contributed by atoms with Gasteiger partial charge in [0.05, 0.1) is 11.3 Å². The Hall–Kier alpha value is -1.59. The maximum absolute atomic E-state index is 12.1. The van der Waals surface area contributed by atoms with Crippen molar-refractivity contribution in [1.82, 2.24) is 5.32 Å². The lowest BCUT2D eigenvalue weighted by Crippen LogP contribution is -2.27. The van der Waals surface area contributed by atoms with Crippen molar-refractivity contribution < 1.29 is 9.59 Å². The van der Waals surface area contributed by atoms with Crippen LogP contribution in [0.3, 0.4) is 0 Å². The number of nitrogens with two attached hydrogens (primary N) is 1. The first-order valence-electron chi connectivity index (χ1n) is 7.01. The first-order chi connectivity index (χ1) is 9.56. The monoisotopic (exact) mass is 311 g/mol.